The van der Waals surface area contributed by atoms with E-state index in [4.69, 9.17) is 4.52 Å². The number of hydrogen-bond donors (Lipinski definition) is 0. The second-order valence-electron chi connectivity index (χ2n) is 4.09. The molecule has 0 radical (unpaired) electrons. The van der Waals surface area contributed by atoms with Gasteiger partial charge in [0.25, 0.3) is 0 Å². The molecule has 0 saturated carbocycles. The highest BCUT2D eigenvalue weighted by Crippen LogP contribution is 2.42. The number of anilines is 1. The molecular weight excluding hydrogens is 244 g/mol. The number of para-hydroxylation sites is 1. The molecule has 2 heterocycles. The van der Waals surface area contributed by atoms with Crippen molar-refractivity contribution in [2.24, 2.45) is 0 Å². The zero-order chi connectivity index (χ0) is 12.4. The van der Waals surface area contributed by atoms with Crippen molar-refractivity contribution in [3.05, 3.63) is 54.6 Å². The van der Waals surface area contributed by atoms with E-state index in [1.165, 1.54) is 5.69 Å². The van der Waals surface area contributed by atoms with Crippen LogP contribution in [0.1, 0.15) is 19.1 Å². The van der Waals surface area contributed by atoms with Gasteiger partial charge in [-0.25, -0.2) is 0 Å². The maximum Gasteiger partial charge on any atom is 0.174 e. The van der Waals surface area contributed by atoms with E-state index in [1.807, 2.05) is 23.9 Å². The lowest BCUT2D eigenvalue weighted by molar-refractivity contribution is 0.412. The molecule has 1 aliphatic rings. The van der Waals surface area contributed by atoms with Crippen LogP contribution < -0.4 is 4.90 Å². The van der Waals surface area contributed by atoms with Crippen LogP contribution in [0.3, 0.4) is 0 Å². The molecule has 92 valence electrons. The Morgan fingerprint density at radius 3 is 2.78 bits per heavy atom. The number of rotatable bonds is 3. The van der Waals surface area contributed by atoms with Crippen LogP contribution in [0, 0.1) is 0 Å². The van der Waals surface area contributed by atoms with Gasteiger partial charge in [0.15, 0.2) is 5.76 Å². The Balaban J connectivity index is 1.93. The van der Waals surface area contributed by atoms with E-state index < -0.39 is 0 Å². The lowest BCUT2D eigenvalue weighted by Gasteiger charge is -2.23. The van der Waals surface area contributed by atoms with E-state index >= 15 is 0 Å². The first-order valence-electron chi connectivity index (χ1n) is 6.01. The van der Waals surface area contributed by atoms with Crippen molar-refractivity contribution in [3.8, 4) is 0 Å². The molecule has 18 heavy (non-hydrogen) atoms. The zero-order valence-corrected chi connectivity index (χ0v) is 10.9. The summed E-state index contributed by atoms with van der Waals surface area (Å²) in [6.07, 6.45) is 4.91. The van der Waals surface area contributed by atoms with E-state index in [2.05, 4.69) is 47.4 Å². The standard InChI is InChI=1S/C14H14N2OS/c1-2-14-16(11-6-4-3-5-7-11)10-13(18-14)12-8-9-15-17-12/h3-10,14H,2H2,1H3. The molecule has 1 atom stereocenters. The molecule has 1 aliphatic heterocycles. The molecule has 0 spiro atoms. The lowest BCUT2D eigenvalue weighted by Crippen LogP contribution is -2.22. The Labute approximate surface area is 110 Å². The van der Waals surface area contributed by atoms with Gasteiger partial charge in [-0.05, 0) is 18.6 Å². The van der Waals surface area contributed by atoms with Gasteiger partial charge in [-0.1, -0.05) is 42.0 Å². The van der Waals surface area contributed by atoms with E-state index in [1.54, 1.807) is 6.20 Å². The molecule has 0 amide bonds. The van der Waals surface area contributed by atoms with Crippen LogP contribution in [0.4, 0.5) is 5.69 Å². The minimum Gasteiger partial charge on any atom is -0.356 e. The summed E-state index contributed by atoms with van der Waals surface area (Å²) in [4.78, 5) is 3.44. The molecule has 2 aromatic rings. The first-order chi connectivity index (χ1) is 8.88. The van der Waals surface area contributed by atoms with Gasteiger partial charge in [-0.15, -0.1) is 0 Å². The highest BCUT2D eigenvalue weighted by molar-refractivity contribution is 8.09. The van der Waals surface area contributed by atoms with E-state index in [0.717, 1.165) is 17.1 Å². The van der Waals surface area contributed by atoms with Crippen LogP contribution in [-0.2, 0) is 0 Å². The first-order valence-corrected chi connectivity index (χ1v) is 6.89. The number of benzene rings is 1. The van der Waals surface area contributed by atoms with Crippen LogP contribution in [0.2, 0.25) is 0 Å². The maximum atomic E-state index is 5.23. The number of nitrogens with zero attached hydrogens (tertiary/aromatic N) is 2. The molecule has 0 N–H and O–H groups in total. The first kappa shape index (κ1) is 11.4. The minimum absolute atomic E-state index is 0.424. The third-order valence-electron chi connectivity index (χ3n) is 2.91. The van der Waals surface area contributed by atoms with Gasteiger partial charge < -0.3 is 9.42 Å². The highest BCUT2D eigenvalue weighted by atomic mass is 32.2. The predicted molar refractivity (Wildman–Crippen MR) is 75.1 cm³/mol. The van der Waals surface area contributed by atoms with Gasteiger partial charge >= 0.3 is 0 Å². The number of thioether (sulfide) groups is 1. The van der Waals surface area contributed by atoms with Gasteiger partial charge in [0.05, 0.1) is 16.5 Å². The molecule has 1 aromatic carbocycles. The summed E-state index contributed by atoms with van der Waals surface area (Å²) in [6.45, 7) is 2.20. The van der Waals surface area contributed by atoms with Gasteiger partial charge in [0.2, 0.25) is 0 Å². The van der Waals surface area contributed by atoms with Crippen LogP contribution in [-0.4, -0.2) is 10.5 Å². The van der Waals surface area contributed by atoms with Crippen molar-refractivity contribution in [2.75, 3.05) is 4.90 Å². The summed E-state index contributed by atoms with van der Waals surface area (Å²) >= 11 is 1.82. The Hall–Kier alpha value is -1.68. The molecule has 0 bridgehead atoms. The fraction of sp³-hybridized carbons (Fsp3) is 0.214. The van der Waals surface area contributed by atoms with Gasteiger partial charge in [-0.2, -0.15) is 0 Å². The summed E-state index contributed by atoms with van der Waals surface area (Å²) in [6, 6.07) is 12.3. The van der Waals surface area contributed by atoms with Crippen molar-refractivity contribution >= 4 is 22.4 Å². The average Bonchev–Trinajstić information content (AvgIpc) is 3.08. The zero-order valence-electron chi connectivity index (χ0n) is 10.1. The summed E-state index contributed by atoms with van der Waals surface area (Å²) in [5.41, 5.74) is 1.21. The predicted octanol–water partition coefficient (Wildman–Crippen LogP) is 3.96. The van der Waals surface area contributed by atoms with Crippen molar-refractivity contribution in [2.45, 2.75) is 18.7 Å². The maximum absolute atomic E-state index is 5.23. The third-order valence-corrected chi connectivity index (χ3v) is 4.31. The summed E-state index contributed by atoms with van der Waals surface area (Å²) < 4.78 is 5.23. The van der Waals surface area contributed by atoms with Gasteiger partial charge in [0.1, 0.15) is 0 Å². The molecule has 1 unspecified atom stereocenters. The molecule has 3 rings (SSSR count). The number of aromatic nitrogens is 1. The molecule has 0 aliphatic carbocycles. The molecule has 1 aromatic heterocycles. The second kappa shape index (κ2) is 4.90. The smallest absolute Gasteiger partial charge is 0.174 e. The highest BCUT2D eigenvalue weighted by Gasteiger charge is 2.27. The van der Waals surface area contributed by atoms with Crippen molar-refractivity contribution in [3.63, 3.8) is 0 Å². The fourth-order valence-corrected chi connectivity index (χ4v) is 3.18. The Morgan fingerprint density at radius 2 is 2.11 bits per heavy atom. The number of hydrogen-bond acceptors (Lipinski definition) is 4. The normalized spacial score (nSPS) is 19.1. The van der Waals surface area contributed by atoms with E-state index in [9.17, 15) is 0 Å². The summed E-state index contributed by atoms with van der Waals surface area (Å²) in [7, 11) is 0. The van der Waals surface area contributed by atoms with Crippen molar-refractivity contribution < 1.29 is 4.52 Å². The second-order valence-corrected chi connectivity index (χ2v) is 5.31. The molecule has 0 saturated heterocycles. The lowest BCUT2D eigenvalue weighted by atomic mass is 10.3. The quantitative estimate of drug-likeness (QED) is 0.833. The Kier molecular flexibility index (Phi) is 3.11. The Bertz CT molecular complexity index is 536. The minimum atomic E-state index is 0.424. The van der Waals surface area contributed by atoms with Crippen LogP contribution >= 0.6 is 11.8 Å². The van der Waals surface area contributed by atoms with E-state index in [0.29, 0.717) is 5.37 Å². The largest absolute Gasteiger partial charge is 0.356 e. The molecule has 4 heteroatoms. The monoisotopic (exact) mass is 258 g/mol. The van der Waals surface area contributed by atoms with Crippen molar-refractivity contribution in [1.29, 1.82) is 0 Å². The summed E-state index contributed by atoms with van der Waals surface area (Å²) in [5.74, 6) is 0.844. The van der Waals surface area contributed by atoms with Crippen LogP contribution in [0.25, 0.3) is 4.91 Å². The summed E-state index contributed by atoms with van der Waals surface area (Å²) in [5, 5.41) is 4.19. The fourth-order valence-electron chi connectivity index (χ4n) is 2.03. The molecule has 3 nitrogen and oxygen atoms in total. The molecule has 0 fully saturated rings. The van der Waals surface area contributed by atoms with Gasteiger partial charge in [0, 0.05) is 18.0 Å². The average molecular weight is 258 g/mol. The van der Waals surface area contributed by atoms with E-state index in [-0.39, 0.29) is 0 Å². The van der Waals surface area contributed by atoms with Crippen LogP contribution in [0.15, 0.2) is 53.3 Å². The topological polar surface area (TPSA) is 29.3 Å². The third kappa shape index (κ3) is 2.04. The molecular formula is C14H14N2OS. The van der Waals surface area contributed by atoms with Crippen LogP contribution in [0.5, 0.6) is 0 Å². The Morgan fingerprint density at radius 1 is 1.28 bits per heavy atom. The van der Waals surface area contributed by atoms with Crippen molar-refractivity contribution in [1.82, 2.24) is 5.16 Å². The SMILES string of the molecule is CCC1SC(c2ccno2)=CN1c1ccccc1. The van der Waals surface area contributed by atoms with Gasteiger partial charge in [-0.3, -0.25) is 0 Å².